The quantitative estimate of drug-likeness (QED) is 0.506. The third-order valence-corrected chi connectivity index (χ3v) is 5.86. The third-order valence-electron chi connectivity index (χ3n) is 4.88. The van der Waals surface area contributed by atoms with Crippen molar-refractivity contribution in [2.24, 2.45) is 0 Å². The Kier molecular flexibility index (Phi) is 6.19. The number of para-hydroxylation sites is 1. The molecule has 146 valence electrons. The Morgan fingerprint density at radius 2 is 1.93 bits per heavy atom. The molecular formula is C22H25N3O2S. The van der Waals surface area contributed by atoms with E-state index < -0.39 is 0 Å². The molecule has 5 nitrogen and oxygen atoms in total. The predicted octanol–water partition coefficient (Wildman–Crippen LogP) is 4.00. The van der Waals surface area contributed by atoms with E-state index in [9.17, 15) is 9.59 Å². The number of thioether (sulfide) groups is 1. The fraction of sp³-hybridized carbons (Fsp3) is 0.318. The second-order valence-corrected chi connectivity index (χ2v) is 7.83. The molecule has 1 N–H and O–H groups in total. The molecule has 0 saturated heterocycles. The number of hydrogen-bond acceptors (Lipinski definition) is 4. The van der Waals surface area contributed by atoms with E-state index in [0.29, 0.717) is 22.6 Å². The molecule has 0 spiro atoms. The van der Waals surface area contributed by atoms with Crippen LogP contribution in [0, 0.1) is 13.8 Å². The Hall–Kier alpha value is -2.60. The number of carbonyl (C=O) groups excluding carboxylic acids is 1. The lowest BCUT2D eigenvalue weighted by molar-refractivity contribution is -0.119. The first-order valence-corrected chi connectivity index (χ1v) is 10.4. The van der Waals surface area contributed by atoms with Crippen molar-refractivity contribution in [2.45, 2.75) is 45.4 Å². The number of benzene rings is 2. The van der Waals surface area contributed by atoms with Gasteiger partial charge in [0.05, 0.1) is 22.7 Å². The normalized spacial score (nSPS) is 12.1. The average molecular weight is 396 g/mol. The average Bonchev–Trinajstić information content (AvgIpc) is 2.68. The fourth-order valence-electron chi connectivity index (χ4n) is 3.07. The molecule has 1 heterocycles. The summed E-state index contributed by atoms with van der Waals surface area (Å²) in [5.41, 5.74) is 4.11. The number of amides is 1. The second kappa shape index (κ2) is 8.61. The lowest BCUT2D eigenvalue weighted by atomic mass is 10.0. The summed E-state index contributed by atoms with van der Waals surface area (Å²) in [4.78, 5) is 29.7. The van der Waals surface area contributed by atoms with Gasteiger partial charge in [-0.3, -0.25) is 14.2 Å². The van der Waals surface area contributed by atoms with E-state index in [1.165, 1.54) is 22.9 Å². The molecule has 0 bridgehead atoms. The van der Waals surface area contributed by atoms with Crippen LogP contribution in [0.5, 0.6) is 0 Å². The maximum Gasteiger partial charge on any atom is 0.262 e. The zero-order valence-corrected chi connectivity index (χ0v) is 17.5. The number of aryl methyl sites for hydroxylation is 2. The summed E-state index contributed by atoms with van der Waals surface area (Å²) < 4.78 is 1.62. The Morgan fingerprint density at radius 3 is 2.64 bits per heavy atom. The van der Waals surface area contributed by atoms with Crippen molar-refractivity contribution >= 4 is 28.6 Å². The molecule has 0 saturated carbocycles. The highest BCUT2D eigenvalue weighted by Gasteiger charge is 2.14. The van der Waals surface area contributed by atoms with Crippen molar-refractivity contribution in [3.8, 4) is 0 Å². The summed E-state index contributed by atoms with van der Waals surface area (Å²) in [5.74, 6) is 0.126. The van der Waals surface area contributed by atoms with Gasteiger partial charge in [-0.15, -0.1) is 0 Å². The molecule has 0 aliphatic rings. The maximum absolute atomic E-state index is 12.7. The summed E-state index contributed by atoms with van der Waals surface area (Å²) in [6.45, 7) is 8.54. The number of nitrogens with one attached hydrogen (secondary N) is 1. The highest BCUT2D eigenvalue weighted by Crippen LogP contribution is 2.19. The summed E-state index contributed by atoms with van der Waals surface area (Å²) in [6.07, 6.45) is 0. The van der Waals surface area contributed by atoms with Gasteiger partial charge in [-0.25, -0.2) is 4.98 Å². The molecular weight excluding hydrogens is 370 g/mol. The van der Waals surface area contributed by atoms with Crippen LogP contribution in [0.15, 0.2) is 52.4 Å². The van der Waals surface area contributed by atoms with Gasteiger partial charge in [0.1, 0.15) is 0 Å². The highest BCUT2D eigenvalue weighted by molar-refractivity contribution is 7.99. The fourth-order valence-corrected chi connectivity index (χ4v) is 3.94. The Bertz CT molecular complexity index is 1080. The molecule has 3 aromatic rings. The molecule has 0 fully saturated rings. The molecule has 3 rings (SSSR count). The minimum atomic E-state index is -0.0826. The molecule has 0 radical (unpaired) electrons. The van der Waals surface area contributed by atoms with Crippen LogP contribution >= 0.6 is 11.8 Å². The van der Waals surface area contributed by atoms with Crippen LogP contribution in [-0.2, 0) is 11.3 Å². The van der Waals surface area contributed by atoms with Crippen LogP contribution in [0.2, 0.25) is 0 Å². The molecule has 0 aliphatic carbocycles. The Morgan fingerprint density at radius 1 is 1.18 bits per heavy atom. The SMILES string of the molecule is CCn1c(SCC(=O)N[C@@H](C)c2ccc(C)c(C)c2)nc2ccccc2c1=O. The van der Waals surface area contributed by atoms with Crippen LogP contribution < -0.4 is 10.9 Å². The van der Waals surface area contributed by atoms with Gasteiger partial charge < -0.3 is 5.32 Å². The first-order chi connectivity index (χ1) is 13.4. The number of nitrogens with zero attached hydrogens (tertiary/aromatic N) is 2. The van der Waals surface area contributed by atoms with Crippen molar-refractivity contribution < 1.29 is 4.79 Å². The van der Waals surface area contributed by atoms with Crippen molar-refractivity contribution in [1.82, 2.24) is 14.9 Å². The minimum absolute atomic E-state index is 0.0699. The number of fused-ring (bicyclic) bond motifs is 1. The molecule has 0 unspecified atom stereocenters. The Balaban J connectivity index is 1.72. The molecule has 1 aromatic heterocycles. The summed E-state index contributed by atoms with van der Waals surface area (Å²) in [7, 11) is 0. The Labute approximate surface area is 169 Å². The van der Waals surface area contributed by atoms with E-state index in [1.807, 2.05) is 38.1 Å². The van der Waals surface area contributed by atoms with Gasteiger partial charge in [-0.2, -0.15) is 0 Å². The maximum atomic E-state index is 12.7. The van der Waals surface area contributed by atoms with Crippen molar-refractivity contribution in [3.63, 3.8) is 0 Å². The highest BCUT2D eigenvalue weighted by atomic mass is 32.2. The monoisotopic (exact) mass is 395 g/mol. The lowest BCUT2D eigenvalue weighted by Crippen LogP contribution is -2.29. The molecule has 6 heteroatoms. The van der Waals surface area contributed by atoms with E-state index in [2.05, 4.69) is 36.3 Å². The van der Waals surface area contributed by atoms with Gasteiger partial charge in [0, 0.05) is 6.54 Å². The zero-order chi connectivity index (χ0) is 20.3. The van der Waals surface area contributed by atoms with Crippen LogP contribution in [0.1, 0.15) is 36.6 Å². The van der Waals surface area contributed by atoms with Gasteiger partial charge in [0.2, 0.25) is 5.91 Å². The van der Waals surface area contributed by atoms with Crippen molar-refractivity contribution in [1.29, 1.82) is 0 Å². The van der Waals surface area contributed by atoms with Crippen LogP contribution in [-0.4, -0.2) is 21.2 Å². The topological polar surface area (TPSA) is 64.0 Å². The molecule has 1 atom stereocenters. The first kappa shape index (κ1) is 20.1. The van der Waals surface area contributed by atoms with Crippen LogP contribution in [0.3, 0.4) is 0 Å². The standard InChI is InChI=1S/C22H25N3O2S/c1-5-25-21(27)18-8-6-7-9-19(18)24-22(25)28-13-20(26)23-16(4)17-11-10-14(2)15(3)12-17/h6-12,16H,5,13H2,1-4H3,(H,23,26)/t16-/m0/s1. The zero-order valence-electron chi connectivity index (χ0n) is 16.7. The predicted molar refractivity (Wildman–Crippen MR) is 115 cm³/mol. The van der Waals surface area contributed by atoms with Gasteiger partial charge in [-0.05, 0) is 56.5 Å². The van der Waals surface area contributed by atoms with Gasteiger partial charge in [-0.1, -0.05) is 42.1 Å². The van der Waals surface area contributed by atoms with Crippen molar-refractivity contribution in [3.05, 3.63) is 69.5 Å². The van der Waals surface area contributed by atoms with Gasteiger partial charge in [0.15, 0.2) is 5.16 Å². The van der Waals surface area contributed by atoms with Gasteiger partial charge >= 0.3 is 0 Å². The van der Waals surface area contributed by atoms with Crippen LogP contribution in [0.25, 0.3) is 10.9 Å². The second-order valence-electron chi connectivity index (χ2n) is 6.88. The summed E-state index contributed by atoms with van der Waals surface area (Å²) in [5, 5.41) is 4.20. The van der Waals surface area contributed by atoms with E-state index in [-0.39, 0.29) is 23.3 Å². The minimum Gasteiger partial charge on any atom is -0.349 e. The van der Waals surface area contributed by atoms with E-state index >= 15 is 0 Å². The van der Waals surface area contributed by atoms with Crippen LogP contribution in [0.4, 0.5) is 0 Å². The third kappa shape index (κ3) is 4.28. The number of carbonyl (C=O) groups is 1. The van der Waals surface area contributed by atoms with E-state index in [0.717, 1.165) is 5.56 Å². The van der Waals surface area contributed by atoms with Gasteiger partial charge in [0.25, 0.3) is 5.56 Å². The first-order valence-electron chi connectivity index (χ1n) is 9.39. The molecule has 2 aromatic carbocycles. The summed E-state index contributed by atoms with van der Waals surface area (Å²) in [6, 6.07) is 13.4. The van der Waals surface area contributed by atoms with Crippen molar-refractivity contribution in [2.75, 3.05) is 5.75 Å². The smallest absolute Gasteiger partial charge is 0.262 e. The largest absolute Gasteiger partial charge is 0.349 e. The summed E-state index contributed by atoms with van der Waals surface area (Å²) >= 11 is 1.29. The van der Waals surface area contributed by atoms with E-state index in [4.69, 9.17) is 0 Å². The number of hydrogen-bond donors (Lipinski definition) is 1. The number of rotatable bonds is 6. The molecule has 0 aliphatic heterocycles. The lowest BCUT2D eigenvalue weighted by Gasteiger charge is -2.16. The molecule has 1 amide bonds. The number of aromatic nitrogens is 2. The molecule has 28 heavy (non-hydrogen) atoms. The van der Waals surface area contributed by atoms with E-state index in [1.54, 1.807) is 10.6 Å².